The van der Waals surface area contributed by atoms with Gasteiger partial charge in [0, 0.05) is 32.3 Å². The molecule has 2 atom stereocenters. The Bertz CT molecular complexity index is 1120. The number of rotatable bonds is 13. The van der Waals surface area contributed by atoms with Crippen LogP contribution in [0.25, 0.3) is 0 Å². The monoisotopic (exact) mass is 520 g/mol. The molecule has 1 fully saturated rings. The highest BCUT2D eigenvalue weighted by molar-refractivity contribution is 7.91. The molecule has 1 aromatic carbocycles. The smallest absolute Gasteiger partial charge is 0.279 e. The lowest BCUT2D eigenvalue weighted by molar-refractivity contribution is -0.110. The Hall–Kier alpha value is -3.09. The molecular weight excluding hydrogens is 488 g/mol. The Kier molecular flexibility index (Phi) is 10.1. The van der Waals surface area contributed by atoms with Gasteiger partial charge in [-0.1, -0.05) is 17.3 Å². The van der Waals surface area contributed by atoms with Crippen LogP contribution < -0.4 is 10.1 Å². The summed E-state index contributed by atoms with van der Waals surface area (Å²) in [5.74, 6) is -0.117. The molecule has 11 nitrogen and oxygen atoms in total. The Labute approximate surface area is 211 Å². The van der Waals surface area contributed by atoms with Crippen molar-refractivity contribution in [3.05, 3.63) is 42.2 Å². The molecule has 0 aliphatic heterocycles. The topological polar surface area (TPSA) is 138 Å². The first-order valence-corrected chi connectivity index (χ1v) is 13.4. The molecular formula is C24H32N4O7S. The first kappa shape index (κ1) is 27.5. The summed E-state index contributed by atoms with van der Waals surface area (Å²) >= 11 is 0. The van der Waals surface area contributed by atoms with Crippen LogP contribution in [0.4, 0.5) is 5.82 Å². The second-order valence-corrected chi connectivity index (χ2v) is 10.3. The predicted octanol–water partition coefficient (Wildman–Crippen LogP) is 2.61. The third kappa shape index (κ3) is 7.70. The molecule has 1 heterocycles. The van der Waals surface area contributed by atoms with E-state index in [2.05, 4.69) is 20.4 Å². The van der Waals surface area contributed by atoms with Gasteiger partial charge in [0.25, 0.3) is 5.91 Å². The number of carbonyl (C=O) groups is 1. The molecule has 12 heteroatoms. The molecule has 0 bridgehead atoms. The molecule has 1 N–H and O–H groups in total. The number of nitrogens with one attached hydrogen (secondary N) is 1. The van der Waals surface area contributed by atoms with Crippen LogP contribution in [0.5, 0.6) is 5.88 Å². The quantitative estimate of drug-likeness (QED) is 0.240. The average Bonchev–Trinajstić information content (AvgIpc) is 3.32. The molecule has 0 spiro atoms. The fourth-order valence-electron chi connectivity index (χ4n) is 3.73. The lowest BCUT2D eigenvalue weighted by atomic mass is 10.1. The maximum absolute atomic E-state index is 13.1. The van der Waals surface area contributed by atoms with E-state index in [4.69, 9.17) is 19.0 Å². The van der Waals surface area contributed by atoms with E-state index in [0.29, 0.717) is 37.5 Å². The van der Waals surface area contributed by atoms with E-state index >= 15 is 0 Å². The SMILES string of the molecule is CCO[C@@H]1CC[C@@H](ON=C(C(=O)Nc2cnc(OC)cn2)c2ccc(S(=O)(=O)CCCOC)cc2)C1. The summed E-state index contributed by atoms with van der Waals surface area (Å²) < 4.78 is 40.7. The second-order valence-electron chi connectivity index (χ2n) is 8.15. The van der Waals surface area contributed by atoms with Crippen molar-refractivity contribution >= 4 is 27.3 Å². The number of oxime groups is 1. The highest BCUT2D eigenvalue weighted by Crippen LogP contribution is 2.25. The van der Waals surface area contributed by atoms with E-state index < -0.39 is 15.7 Å². The van der Waals surface area contributed by atoms with Crippen LogP contribution in [0.3, 0.4) is 0 Å². The number of carbonyl (C=O) groups excluding carboxylic acids is 1. The fraction of sp³-hybridized carbons (Fsp3) is 0.500. The third-order valence-electron chi connectivity index (χ3n) is 5.57. The molecule has 196 valence electrons. The van der Waals surface area contributed by atoms with Gasteiger partial charge in [0.15, 0.2) is 21.4 Å². The minimum Gasteiger partial charge on any atom is -0.480 e. The van der Waals surface area contributed by atoms with E-state index in [-0.39, 0.29) is 34.4 Å². The number of sulfone groups is 1. The first-order chi connectivity index (χ1) is 17.4. The summed E-state index contributed by atoms with van der Waals surface area (Å²) in [6.07, 6.45) is 5.31. The van der Waals surface area contributed by atoms with E-state index in [9.17, 15) is 13.2 Å². The second kappa shape index (κ2) is 13.3. The summed E-state index contributed by atoms with van der Waals surface area (Å²) in [4.78, 5) is 27.1. The van der Waals surface area contributed by atoms with Gasteiger partial charge in [-0.15, -0.1) is 0 Å². The van der Waals surface area contributed by atoms with Gasteiger partial charge in [-0.25, -0.2) is 18.4 Å². The van der Waals surface area contributed by atoms with Crippen LogP contribution >= 0.6 is 0 Å². The zero-order valence-electron chi connectivity index (χ0n) is 20.7. The Morgan fingerprint density at radius 1 is 1.11 bits per heavy atom. The van der Waals surface area contributed by atoms with Crippen LogP contribution in [-0.2, 0) is 28.9 Å². The van der Waals surface area contributed by atoms with Gasteiger partial charge in [0.05, 0.1) is 36.3 Å². The van der Waals surface area contributed by atoms with Gasteiger partial charge in [0.2, 0.25) is 5.88 Å². The molecule has 0 saturated heterocycles. The van der Waals surface area contributed by atoms with Gasteiger partial charge < -0.3 is 24.4 Å². The minimum absolute atomic E-state index is 0.0178. The maximum Gasteiger partial charge on any atom is 0.279 e. The Morgan fingerprint density at radius 2 is 1.86 bits per heavy atom. The van der Waals surface area contributed by atoms with Crippen LogP contribution in [0.15, 0.2) is 46.7 Å². The van der Waals surface area contributed by atoms with Crippen molar-refractivity contribution in [3.8, 4) is 5.88 Å². The van der Waals surface area contributed by atoms with Crippen molar-refractivity contribution < 1.29 is 32.3 Å². The predicted molar refractivity (Wildman–Crippen MR) is 133 cm³/mol. The number of ether oxygens (including phenoxy) is 3. The van der Waals surface area contributed by atoms with Crippen LogP contribution in [0.2, 0.25) is 0 Å². The number of amides is 1. The molecule has 2 aromatic rings. The Morgan fingerprint density at radius 3 is 2.50 bits per heavy atom. The first-order valence-electron chi connectivity index (χ1n) is 11.7. The summed E-state index contributed by atoms with van der Waals surface area (Å²) in [6, 6.07) is 5.97. The van der Waals surface area contributed by atoms with E-state index in [0.717, 1.165) is 12.8 Å². The van der Waals surface area contributed by atoms with E-state index in [1.54, 1.807) is 0 Å². The molecule has 3 rings (SSSR count). The standard InChI is InChI=1S/C24H32N4O7S/c1-4-34-18-8-9-19(14-18)35-28-23(24(29)27-21-15-26-22(33-3)16-25-21)17-6-10-20(11-7-17)36(30,31)13-5-12-32-2/h6-7,10-11,15-16,18-19H,4-5,8-9,12-14H2,1-3H3,(H,25,27,29)/t18-,19-/m1/s1. The Balaban J connectivity index is 1.80. The molecule has 0 radical (unpaired) electrons. The molecule has 1 aliphatic carbocycles. The maximum atomic E-state index is 13.1. The van der Waals surface area contributed by atoms with Crippen LogP contribution in [-0.4, -0.2) is 75.4 Å². The normalized spacial score (nSPS) is 18.1. The average molecular weight is 521 g/mol. The van der Waals surface area contributed by atoms with Gasteiger partial charge in [-0.05, 0) is 38.3 Å². The van der Waals surface area contributed by atoms with Crippen molar-refractivity contribution in [2.24, 2.45) is 5.16 Å². The van der Waals surface area contributed by atoms with Gasteiger partial charge in [-0.2, -0.15) is 0 Å². The van der Waals surface area contributed by atoms with E-state index in [1.165, 1.54) is 50.9 Å². The highest BCUT2D eigenvalue weighted by atomic mass is 32.2. The molecule has 1 aliphatic rings. The summed E-state index contributed by atoms with van der Waals surface area (Å²) in [5.41, 5.74) is 0.375. The van der Waals surface area contributed by atoms with Gasteiger partial charge in [0.1, 0.15) is 6.10 Å². The van der Waals surface area contributed by atoms with Gasteiger partial charge in [-0.3, -0.25) is 4.79 Å². The number of hydrogen-bond acceptors (Lipinski definition) is 10. The molecule has 1 amide bonds. The van der Waals surface area contributed by atoms with Crippen molar-refractivity contribution in [2.45, 2.75) is 49.7 Å². The lowest BCUT2D eigenvalue weighted by Gasteiger charge is -2.12. The molecule has 0 unspecified atom stereocenters. The zero-order chi connectivity index (χ0) is 26.0. The number of methoxy groups -OCH3 is 2. The zero-order valence-corrected chi connectivity index (χ0v) is 21.5. The van der Waals surface area contributed by atoms with Crippen molar-refractivity contribution in [1.29, 1.82) is 0 Å². The third-order valence-corrected chi connectivity index (χ3v) is 7.39. The van der Waals surface area contributed by atoms with Crippen LogP contribution in [0.1, 0.15) is 38.2 Å². The largest absolute Gasteiger partial charge is 0.480 e. The van der Waals surface area contributed by atoms with E-state index in [1.807, 2.05) is 6.92 Å². The molecule has 1 saturated carbocycles. The highest BCUT2D eigenvalue weighted by Gasteiger charge is 2.27. The fourth-order valence-corrected chi connectivity index (χ4v) is 5.01. The number of nitrogens with zero attached hydrogens (tertiary/aromatic N) is 3. The molecule has 36 heavy (non-hydrogen) atoms. The van der Waals surface area contributed by atoms with Crippen molar-refractivity contribution in [3.63, 3.8) is 0 Å². The van der Waals surface area contributed by atoms with Crippen molar-refractivity contribution in [2.75, 3.05) is 38.5 Å². The summed E-state index contributed by atoms with van der Waals surface area (Å²) in [5, 5.41) is 6.80. The van der Waals surface area contributed by atoms with Crippen LogP contribution in [0, 0.1) is 0 Å². The van der Waals surface area contributed by atoms with Crippen molar-refractivity contribution in [1.82, 2.24) is 9.97 Å². The number of anilines is 1. The minimum atomic E-state index is -3.48. The summed E-state index contributed by atoms with van der Waals surface area (Å²) in [6.45, 7) is 2.92. The molecule has 1 aromatic heterocycles. The lowest BCUT2D eigenvalue weighted by Crippen LogP contribution is -2.25. The summed E-state index contributed by atoms with van der Waals surface area (Å²) in [7, 11) is -0.497. The number of aromatic nitrogens is 2. The number of hydrogen-bond donors (Lipinski definition) is 1. The van der Waals surface area contributed by atoms with Gasteiger partial charge >= 0.3 is 0 Å². The number of benzene rings is 1.